The highest BCUT2D eigenvalue weighted by molar-refractivity contribution is 7.89. The summed E-state index contributed by atoms with van der Waals surface area (Å²) in [6, 6.07) is 16.8. The van der Waals surface area contributed by atoms with E-state index in [0.29, 0.717) is 18.5 Å². The predicted octanol–water partition coefficient (Wildman–Crippen LogP) is 3.34. The van der Waals surface area contributed by atoms with Crippen molar-refractivity contribution in [3.05, 3.63) is 95.7 Å². The van der Waals surface area contributed by atoms with E-state index in [1.54, 1.807) is 0 Å². The summed E-state index contributed by atoms with van der Waals surface area (Å²) in [5, 5.41) is 2.42. The van der Waals surface area contributed by atoms with Crippen molar-refractivity contribution in [3.63, 3.8) is 0 Å². The number of hydrogen-bond donors (Lipinski definition) is 4. The number of unbranched alkanes of at least 4 members (excludes halogenated alkanes) is 1. The molecule has 0 bridgehead atoms. The Balaban J connectivity index is 1.70. The van der Waals surface area contributed by atoms with Gasteiger partial charge in [0.25, 0.3) is 10.0 Å². The molecule has 9 nitrogen and oxygen atoms in total. The Morgan fingerprint density at radius 3 is 2.21 bits per heavy atom. The molecule has 13 heteroatoms. The third-order valence-corrected chi connectivity index (χ3v) is 8.05. The number of alkyl halides is 2. The highest BCUT2D eigenvalue weighted by atomic mass is 32.2. The number of halogens is 2. The van der Waals surface area contributed by atoms with E-state index in [9.17, 15) is 26.6 Å². The highest BCUT2D eigenvalue weighted by Gasteiger charge is 2.50. The van der Waals surface area contributed by atoms with Crippen molar-refractivity contribution in [3.8, 4) is 0 Å². The summed E-state index contributed by atoms with van der Waals surface area (Å²) in [4.78, 5) is 34.6. The van der Waals surface area contributed by atoms with Crippen molar-refractivity contribution in [2.75, 3.05) is 6.54 Å². The molecule has 1 aromatic heterocycles. The highest BCUT2D eigenvalue weighted by Crippen LogP contribution is 2.59. The molecule has 0 aliphatic heterocycles. The number of carbonyl (C=O) groups excluding carboxylic acids is 1. The number of nitrogens with zero attached hydrogens (tertiary/aromatic N) is 1. The van der Waals surface area contributed by atoms with Crippen LogP contribution in [0, 0.1) is 0 Å². The molecule has 38 heavy (non-hydrogen) atoms. The van der Waals surface area contributed by atoms with Crippen molar-refractivity contribution >= 4 is 23.5 Å². The van der Waals surface area contributed by atoms with Crippen molar-refractivity contribution < 1.29 is 36.3 Å². The van der Waals surface area contributed by atoms with Crippen LogP contribution in [0.2, 0.25) is 0 Å². The largest absolute Gasteiger partial charge is 0.399 e. The molecule has 0 saturated heterocycles. The molecule has 0 radical (unpaired) electrons. The fourth-order valence-corrected chi connectivity index (χ4v) is 5.25. The van der Waals surface area contributed by atoms with Crippen LogP contribution in [0.4, 0.5) is 8.78 Å². The number of carbonyl (C=O) groups is 1. The smallest absolute Gasteiger partial charge is 0.355 e. The van der Waals surface area contributed by atoms with Crippen LogP contribution in [-0.4, -0.2) is 41.7 Å². The van der Waals surface area contributed by atoms with Crippen LogP contribution in [0.1, 0.15) is 29.5 Å². The van der Waals surface area contributed by atoms with Crippen LogP contribution < -0.4 is 10.0 Å². The number of aryl methyl sites for hydroxylation is 1. The Morgan fingerprint density at radius 1 is 0.947 bits per heavy atom. The molecule has 0 aliphatic carbocycles. The number of pyridine rings is 1. The first kappa shape index (κ1) is 29.5. The van der Waals surface area contributed by atoms with E-state index in [0.717, 1.165) is 42.7 Å². The van der Waals surface area contributed by atoms with E-state index in [-0.39, 0.29) is 11.4 Å². The van der Waals surface area contributed by atoms with Gasteiger partial charge in [-0.15, -0.1) is 0 Å². The number of nitrogens with one attached hydrogen (secondary N) is 2. The summed E-state index contributed by atoms with van der Waals surface area (Å²) in [6.45, 7) is 0.293. The third kappa shape index (κ3) is 7.99. The van der Waals surface area contributed by atoms with Gasteiger partial charge in [0.05, 0.1) is 0 Å². The molecule has 4 N–H and O–H groups in total. The van der Waals surface area contributed by atoms with Crippen LogP contribution >= 0.6 is 7.60 Å². The second kappa shape index (κ2) is 12.7. The lowest BCUT2D eigenvalue weighted by molar-refractivity contribution is -0.122. The lowest BCUT2D eigenvalue weighted by Gasteiger charge is -2.20. The molecular weight excluding hydrogens is 539 g/mol. The quantitative estimate of drug-likeness (QED) is 0.183. The van der Waals surface area contributed by atoms with Gasteiger partial charge in [0.1, 0.15) is 6.04 Å². The minimum Gasteiger partial charge on any atom is -0.355 e. The van der Waals surface area contributed by atoms with Gasteiger partial charge >= 0.3 is 13.3 Å². The van der Waals surface area contributed by atoms with E-state index in [1.807, 2.05) is 30.3 Å². The average molecular weight is 568 g/mol. The van der Waals surface area contributed by atoms with E-state index >= 15 is 0 Å². The Hall–Kier alpha value is -3.02. The summed E-state index contributed by atoms with van der Waals surface area (Å²) in [6.07, 6.45) is 3.34. The van der Waals surface area contributed by atoms with E-state index < -0.39 is 40.8 Å². The molecule has 0 fully saturated rings. The molecule has 1 atom stereocenters. The number of aromatic nitrogens is 1. The fourth-order valence-electron chi connectivity index (χ4n) is 3.62. The van der Waals surface area contributed by atoms with Crippen LogP contribution in [-0.2, 0) is 37.9 Å². The SMILES string of the molecule is O=C(NCCCCc1ccccc1)C(Cc1ccc(C(F)(F)P(=O)(O)O)cc1)NS(=O)(=O)c1ccccn1. The van der Waals surface area contributed by atoms with Crippen LogP contribution in [0.15, 0.2) is 84.0 Å². The summed E-state index contributed by atoms with van der Waals surface area (Å²) in [5.41, 5.74) is -3.83. The number of sulfonamides is 1. The van der Waals surface area contributed by atoms with Crippen molar-refractivity contribution in [1.82, 2.24) is 15.0 Å². The average Bonchev–Trinajstić information content (AvgIpc) is 2.88. The van der Waals surface area contributed by atoms with Crippen molar-refractivity contribution in [2.45, 2.75) is 42.4 Å². The van der Waals surface area contributed by atoms with Gasteiger partial charge in [0, 0.05) is 18.3 Å². The molecular formula is C25H28F2N3O6PS. The number of rotatable bonds is 13. The first-order chi connectivity index (χ1) is 17.9. The zero-order valence-electron chi connectivity index (χ0n) is 20.2. The summed E-state index contributed by atoms with van der Waals surface area (Å²) >= 11 is 0. The Kier molecular flexibility index (Phi) is 9.86. The van der Waals surface area contributed by atoms with Gasteiger partial charge < -0.3 is 15.1 Å². The number of benzene rings is 2. The lowest BCUT2D eigenvalue weighted by Crippen LogP contribution is -2.48. The molecule has 1 amide bonds. The predicted molar refractivity (Wildman–Crippen MR) is 137 cm³/mol. The molecule has 0 saturated carbocycles. The minimum atomic E-state index is -5.75. The molecule has 204 valence electrons. The molecule has 1 heterocycles. The van der Waals surface area contributed by atoms with E-state index in [4.69, 9.17) is 9.79 Å². The summed E-state index contributed by atoms with van der Waals surface area (Å²) in [5.74, 6) is -0.617. The maximum Gasteiger partial charge on any atom is 0.399 e. The fraction of sp³-hybridized carbons (Fsp3) is 0.280. The first-order valence-electron chi connectivity index (χ1n) is 11.7. The molecule has 2 aromatic carbocycles. The normalized spacial score (nSPS) is 13.2. The van der Waals surface area contributed by atoms with Gasteiger partial charge in [-0.1, -0.05) is 60.7 Å². The van der Waals surface area contributed by atoms with Crippen LogP contribution in [0.25, 0.3) is 0 Å². The number of hydrogen-bond acceptors (Lipinski definition) is 5. The Morgan fingerprint density at radius 2 is 1.61 bits per heavy atom. The van der Waals surface area contributed by atoms with Gasteiger partial charge in [0.15, 0.2) is 5.03 Å². The third-order valence-electron chi connectivity index (χ3n) is 5.67. The lowest BCUT2D eigenvalue weighted by atomic mass is 10.0. The van der Waals surface area contributed by atoms with Crippen LogP contribution in [0.5, 0.6) is 0 Å². The zero-order chi connectivity index (χ0) is 27.8. The van der Waals surface area contributed by atoms with Gasteiger partial charge in [0.2, 0.25) is 5.91 Å². The standard InChI is InChI=1S/C25H28F2N3O6PS/c26-25(27,37(32,33)34)21-14-12-20(13-15-21)18-22(30-38(35,36)23-11-5-7-16-28-23)24(31)29-17-6-4-10-19-8-2-1-3-9-19/h1-3,5,7-9,11-16,22,30H,4,6,10,17-18H2,(H,29,31)(H2,32,33,34). The van der Waals surface area contributed by atoms with E-state index in [1.165, 1.54) is 24.4 Å². The zero-order valence-corrected chi connectivity index (χ0v) is 21.9. The minimum absolute atomic E-state index is 0.205. The van der Waals surface area contributed by atoms with Gasteiger partial charge in [-0.2, -0.15) is 13.5 Å². The monoisotopic (exact) mass is 567 g/mol. The molecule has 0 spiro atoms. The van der Waals surface area contributed by atoms with E-state index in [2.05, 4.69) is 15.0 Å². The number of amides is 1. The first-order valence-corrected chi connectivity index (χ1v) is 14.8. The van der Waals surface area contributed by atoms with Gasteiger partial charge in [-0.05, 0) is 48.9 Å². The molecule has 3 aromatic rings. The summed E-state index contributed by atoms with van der Waals surface area (Å²) in [7, 11) is -9.94. The van der Waals surface area contributed by atoms with Gasteiger partial charge in [-0.3, -0.25) is 9.36 Å². The summed E-state index contributed by atoms with van der Waals surface area (Å²) < 4.78 is 67.1. The topological polar surface area (TPSA) is 146 Å². The van der Waals surface area contributed by atoms with Crippen molar-refractivity contribution in [1.29, 1.82) is 0 Å². The molecule has 0 aliphatic rings. The maximum absolute atomic E-state index is 14.0. The maximum atomic E-state index is 14.0. The van der Waals surface area contributed by atoms with Crippen molar-refractivity contribution in [2.24, 2.45) is 0 Å². The second-order valence-electron chi connectivity index (χ2n) is 8.56. The molecule has 1 unspecified atom stereocenters. The Bertz CT molecular complexity index is 1350. The Labute approximate surface area is 219 Å². The second-order valence-corrected chi connectivity index (χ2v) is 11.9. The van der Waals surface area contributed by atoms with Gasteiger partial charge in [-0.25, -0.2) is 13.4 Å². The molecule has 3 rings (SSSR count). The van der Waals surface area contributed by atoms with Crippen LogP contribution in [0.3, 0.4) is 0 Å².